The topological polar surface area (TPSA) is 32.3 Å². The van der Waals surface area contributed by atoms with Gasteiger partial charge in [-0.15, -0.1) is 0 Å². The summed E-state index contributed by atoms with van der Waals surface area (Å²) in [6, 6.07) is 8.02. The van der Waals surface area contributed by atoms with E-state index in [1.807, 2.05) is 52.2 Å². The van der Waals surface area contributed by atoms with Crippen molar-refractivity contribution < 1.29 is 4.79 Å². The van der Waals surface area contributed by atoms with Crippen molar-refractivity contribution in [2.45, 2.75) is 20.3 Å². The zero-order chi connectivity index (χ0) is 12.8. The smallest absolute Gasteiger partial charge is 0.231 e. The third-order valence-corrected chi connectivity index (χ3v) is 3.04. The van der Waals surface area contributed by atoms with E-state index in [9.17, 15) is 4.79 Å². The lowest BCUT2D eigenvalue weighted by Gasteiger charge is -2.23. The molecule has 1 atom stereocenters. The van der Waals surface area contributed by atoms with Crippen LogP contribution in [-0.2, 0) is 4.79 Å². The Morgan fingerprint density at radius 2 is 1.94 bits per heavy atom. The van der Waals surface area contributed by atoms with Crippen molar-refractivity contribution in [2.24, 2.45) is 5.92 Å². The molecule has 1 unspecified atom stereocenters. The number of anilines is 1. The first-order valence-corrected chi connectivity index (χ1v) is 6.09. The van der Waals surface area contributed by atoms with E-state index >= 15 is 0 Å². The number of aryl methyl sites for hydroxylation is 1. The normalized spacial score (nSPS) is 12.2. The third-order valence-electron chi connectivity index (χ3n) is 3.04. The van der Waals surface area contributed by atoms with E-state index in [1.54, 1.807) is 4.90 Å². The number of carbonyl (C=O) groups is 1. The number of hydrogen-bond acceptors (Lipinski definition) is 2. The van der Waals surface area contributed by atoms with Gasteiger partial charge < -0.3 is 10.2 Å². The first kappa shape index (κ1) is 13.7. The van der Waals surface area contributed by atoms with Crippen LogP contribution in [0.25, 0.3) is 0 Å². The average molecular weight is 234 g/mol. The second-order valence-corrected chi connectivity index (χ2v) is 4.40. The third kappa shape index (κ3) is 3.56. The molecule has 0 aliphatic rings. The highest BCUT2D eigenvalue weighted by atomic mass is 16.2. The van der Waals surface area contributed by atoms with Gasteiger partial charge in [0.25, 0.3) is 0 Å². The van der Waals surface area contributed by atoms with Gasteiger partial charge in [-0.25, -0.2) is 0 Å². The minimum Gasteiger partial charge on any atom is -0.319 e. The van der Waals surface area contributed by atoms with Crippen LogP contribution in [0, 0.1) is 12.8 Å². The van der Waals surface area contributed by atoms with Crippen LogP contribution >= 0.6 is 0 Å². The zero-order valence-corrected chi connectivity index (χ0v) is 11.2. The van der Waals surface area contributed by atoms with Crippen molar-refractivity contribution in [3.05, 3.63) is 29.8 Å². The molecule has 0 heterocycles. The lowest BCUT2D eigenvalue weighted by molar-refractivity contribution is -0.122. The maximum absolute atomic E-state index is 12.2. The Morgan fingerprint density at radius 3 is 2.41 bits per heavy atom. The van der Waals surface area contributed by atoms with Crippen LogP contribution in [0.5, 0.6) is 0 Å². The molecular formula is C14H22N2O. The molecule has 1 aromatic rings. The SMILES string of the molecule is CCC(CNC)C(=O)N(C)c1ccc(C)cc1. The Morgan fingerprint density at radius 1 is 1.35 bits per heavy atom. The molecule has 94 valence electrons. The maximum Gasteiger partial charge on any atom is 0.231 e. The summed E-state index contributed by atoms with van der Waals surface area (Å²) in [6.45, 7) is 4.82. The molecule has 3 heteroatoms. The predicted molar refractivity (Wildman–Crippen MR) is 72.3 cm³/mol. The summed E-state index contributed by atoms with van der Waals surface area (Å²) in [5.74, 6) is 0.219. The fourth-order valence-electron chi connectivity index (χ4n) is 1.82. The van der Waals surface area contributed by atoms with Gasteiger partial charge in [0, 0.05) is 19.3 Å². The van der Waals surface area contributed by atoms with Crippen molar-refractivity contribution in [1.29, 1.82) is 0 Å². The molecule has 0 spiro atoms. The monoisotopic (exact) mass is 234 g/mol. The van der Waals surface area contributed by atoms with E-state index in [-0.39, 0.29) is 11.8 Å². The summed E-state index contributed by atoms with van der Waals surface area (Å²) in [7, 11) is 3.72. The second kappa shape index (κ2) is 6.40. The number of benzene rings is 1. The molecule has 0 aliphatic carbocycles. The van der Waals surface area contributed by atoms with Crippen molar-refractivity contribution in [3.63, 3.8) is 0 Å². The van der Waals surface area contributed by atoms with Crippen LogP contribution in [0.15, 0.2) is 24.3 Å². The summed E-state index contributed by atoms with van der Waals surface area (Å²) in [6.07, 6.45) is 0.857. The van der Waals surface area contributed by atoms with Gasteiger partial charge >= 0.3 is 0 Å². The van der Waals surface area contributed by atoms with Gasteiger partial charge in [-0.1, -0.05) is 24.6 Å². The minimum atomic E-state index is 0.0475. The molecule has 0 saturated carbocycles. The highest BCUT2D eigenvalue weighted by Crippen LogP contribution is 2.16. The van der Waals surface area contributed by atoms with E-state index in [1.165, 1.54) is 5.56 Å². The highest BCUT2D eigenvalue weighted by molar-refractivity contribution is 5.94. The first-order valence-electron chi connectivity index (χ1n) is 6.09. The van der Waals surface area contributed by atoms with Crippen molar-refractivity contribution in [1.82, 2.24) is 5.32 Å². The largest absolute Gasteiger partial charge is 0.319 e. The summed E-state index contributed by atoms with van der Waals surface area (Å²) in [5, 5.41) is 3.07. The molecular weight excluding hydrogens is 212 g/mol. The van der Waals surface area contributed by atoms with Gasteiger partial charge in [0.05, 0.1) is 5.92 Å². The molecule has 0 radical (unpaired) electrons. The Kier molecular flexibility index (Phi) is 5.16. The number of carbonyl (C=O) groups excluding carboxylic acids is 1. The average Bonchev–Trinajstić information content (AvgIpc) is 2.35. The molecule has 1 rings (SSSR count). The summed E-state index contributed by atoms with van der Waals surface area (Å²) < 4.78 is 0. The standard InChI is InChI=1S/C14H22N2O/c1-5-12(10-15-3)14(17)16(4)13-8-6-11(2)7-9-13/h6-9,12,15H,5,10H2,1-4H3. The lowest BCUT2D eigenvalue weighted by atomic mass is 10.0. The molecule has 0 aliphatic heterocycles. The Balaban J connectivity index is 2.77. The van der Waals surface area contributed by atoms with Crippen LogP contribution in [0.3, 0.4) is 0 Å². The van der Waals surface area contributed by atoms with Gasteiger partial charge in [0.15, 0.2) is 0 Å². The number of hydrogen-bond donors (Lipinski definition) is 1. The van der Waals surface area contributed by atoms with Crippen molar-refractivity contribution in [2.75, 3.05) is 25.5 Å². The molecule has 17 heavy (non-hydrogen) atoms. The van der Waals surface area contributed by atoms with Crippen LogP contribution in [-0.4, -0.2) is 26.5 Å². The van der Waals surface area contributed by atoms with Crippen LogP contribution < -0.4 is 10.2 Å². The first-order chi connectivity index (χ1) is 8.10. The molecule has 0 fully saturated rings. The van der Waals surface area contributed by atoms with E-state index in [2.05, 4.69) is 5.32 Å². The second-order valence-electron chi connectivity index (χ2n) is 4.40. The van der Waals surface area contributed by atoms with Crippen LogP contribution in [0.2, 0.25) is 0 Å². The molecule has 1 amide bonds. The summed E-state index contributed by atoms with van der Waals surface area (Å²) in [4.78, 5) is 14.0. The molecule has 1 aromatic carbocycles. The van der Waals surface area contributed by atoms with E-state index in [0.717, 1.165) is 18.7 Å². The maximum atomic E-state index is 12.2. The fraction of sp³-hybridized carbons (Fsp3) is 0.500. The van der Waals surface area contributed by atoms with E-state index < -0.39 is 0 Å². The summed E-state index contributed by atoms with van der Waals surface area (Å²) in [5.41, 5.74) is 2.16. The van der Waals surface area contributed by atoms with Crippen LogP contribution in [0.4, 0.5) is 5.69 Å². The number of nitrogens with one attached hydrogen (secondary N) is 1. The lowest BCUT2D eigenvalue weighted by Crippen LogP contribution is -2.37. The van der Waals surface area contributed by atoms with Gasteiger partial charge in [-0.3, -0.25) is 4.79 Å². The van der Waals surface area contributed by atoms with Gasteiger partial charge in [-0.2, -0.15) is 0 Å². The molecule has 3 nitrogen and oxygen atoms in total. The van der Waals surface area contributed by atoms with Gasteiger partial charge in [0.1, 0.15) is 0 Å². The van der Waals surface area contributed by atoms with Crippen molar-refractivity contribution in [3.8, 4) is 0 Å². The zero-order valence-electron chi connectivity index (χ0n) is 11.2. The Labute approximate surface area is 104 Å². The van der Waals surface area contributed by atoms with Crippen molar-refractivity contribution >= 4 is 11.6 Å². The quantitative estimate of drug-likeness (QED) is 0.847. The van der Waals surface area contributed by atoms with Gasteiger partial charge in [0.2, 0.25) is 5.91 Å². The predicted octanol–water partition coefficient (Wildman–Crippen LogP) is 2.20. The van der Waals surface area contributed by atoms with Crippen LogP contribution in [0.1, 0.15) is 18.9 Å². The minimum absolute atomic E-state index is 0.0475. The molecule has 0 aromatic heterocycles. The van der Waals surface area contributed by atoms with E-state index in [4.69, 9.17) is 0 Å². The Hall–Kier alpha value is -1.35. The molecule has 0 saturated heterocycles. The summed E-state index contributed by atoms with van der Waals surface area (Å²) >= 11 is 0. The van der Waals surface area contributed by atoms with E-state index in [0.29, 0.717) is 0 Å². The molecule has 1 N–H and O–H groups in total. The van der Waals surface area contributed by atoms with Gasteiger partial charge in [-0.05, 0) is 32.5 Å². The number of nitrogens with zero attached hydrogens (tertiary/aromatic N) is 1. The number of amides is 1. The molecule has 0 bridgehead atoms. The number of rotatable bonds is 5. The highest BCUT2D eigenvalue weighted by Gasteiger charge is 2.20. The fourth-order valence-corrected chi connectivity index (χ4v) is 1.82. The Bertz CT molecular complexity index is 359.